The first-order valence-electron chi connectivity index (χ1n) is 11.2. The normalized spacial score (nSPS) is 11.2. The second-order valence-electron chi connectivity index (χ2n) is 7.88. The molecule has 0 fully saturated rings. The molecule has 0 aliphatic rings. The van der Waals surface area contributed by atoms with Crippen LogP contribution in [0.15, 0.2) is 72.1 Å². The van der Waals surface area contributed by atoms with Crippen LogP contribution in [0.1, 0.15) is 35.0 Å². The molecule has 8 nitrogen and oxygen atoms in total. The van der Waals surface area contributed by atoms with Crippen molar-refractivity contribution in [1.29, 1.82) is 0 Å². The van der Waals surface area contributed by atoms with Crippen LogP contribution in [0.25, 0.3) is 5.82 Å². The average Bonchev–Trinajstić information content (AvgIpc) is 3.45. The van der Waals surface area contributed by atoms with Gasteiger partial charge in [-0.2, -0.15) is 10.2 Å². The van der Waals surface area contributed by atoms with Gasteiger partial charge in [-0.25, -0.2) is 14.7 Å². The van der Waals surface area contributed by atoms with Crippen LogP contribution >= 0.6 is 24.0 Å². The van der Waals surface area contributed by atoms with E-state index in [-0.39, 0.29) is 24.0 Å². The van der Waals surface area contributed by atoms with E-state index in [4.69, 9.17) is 4.99 Å². The molecule has 0 amide bonds. The molecular weight excluding hydrogens is 539 g/mol. The van der Waals surface area contributed by atoms with Gasteiger partial charge in [0.2, 0.25) is 0 Å². The summed E-state index contributed by atoms with van der Waals surface area (Å²) in [6.45, 7) is 8.82. The monoisotopic (exact) mass is 570 g/mol. The second kappa shape index (κ2) is 12.3. The Labute approximate surface area is 217 Å². The van der Waals surface area contributed by atoms with Crippen molar-refractivity contribution in [3.63, 3.8) is 0 Å². The van der Waals surface area contributed by atoms with Crippen molar-refractivity contribution >= 4 is 29.9 Å². The van der Waals surface area contributed by atoms with E-state index < -0.39 is 0 Å². The second-order valence-corrected chi connectivity index (χ2v) is 7.88. The van der Waals surface area contributed by atoms with Gasteiger partial charge in [0.05, 0.1) is 18.8 Å². The molecule has 9 heteroatoms. The number of nitrogens with one attached hydrogen (secondary N) is 2. The third-order valence-corrected chi connectivity index (χ3v) is 5.26. The lowest BCUT2D eigenvalue weighted by Gasteiger charge is -2.14. The third kappa shape index (κ3) is 6.66. The summed E-state index contributed by atoms with van der Waals surface area (Å²) in [5.41, 5.74) is 5.53. The summed E-state index contributed by atoms with van der Waals surface area (Å²) in [6, 6.07) is 16.4. The van der Waals surface area contributed by atoms with E-state index in [1.807, 2.05) is 59.9 Å². The zero-order chi connectivity index (χ0) is 23.0. The lowest BCUT2D eigenvalue weighted by Crippen LogP contribution is -2.37. The summed E-state index contributed by atoms with van der Waals surface area (Å²) in [4.78, 5) is 9.31. The van der Waals surface area contributed by atoms with Crippen LogP contribution in [-0.2, 0) is 19.6 Å². The molecule has 0 unspecified atom stereocenters. The summed E-state index contributed by atoms with van der Waals surface area (Å²) in [7, 11) is 0. The molecule has 0 radical (unpaired) electrons. The Hall–Kier alpha value is -3.21. The van der Waals surface area contributed by atoms with Crippen molar-refractivity contribution in [1.82, 2.24) is 35.2 Å². The Morgan fingerprint density at radius 3 is 2.50 bits per heavy atom. The minimum atomic E-state index is 0. The maximum Gasteiger partial charge on any atom is 0.191 e. The van der Waals surface area contributed by atoms with Gasteiger partial charge >= 0.3 is 0 Å². The lowest BCUT2D eigenvalue weighted by molar-refractivity contribution is 0.677. The molecule has 1 aromatic carbocycles. The zero-order valence-electron chi connectivity index (χ0n) is 19.8. The van der Waals surface area contributed by atoms with Gasteiger partial charge in [-0.05, 0) is 55.7 Å². The molecule has 4 rings (SSSR count). The number of aliphatic imine (C=N–C) groups is 1. The SMILES string of the molecule is CCNC(=NCc1ccc(-n2nc(C)cc2C)nc1)NCc1ccccc1Cn1cccn1.I. The molecule has 4 aromatic rings. The summed E-state index contributed by atoms with van der Waals surface area (Å²) in [6.07, 6.45) is 5.64. The summed E-state index contributed by atoms with van der Waals surface area (Å²) >= 11 is 0. The standard InChI is InChI=1S/C25H30N8.HI/c1-4-26-25(29-17-22-8-5-6-9-23(22)18-32-13-7-12-30-32)28-16-21-10-11-24(27-15-21)33-20(3)14-19(2)31-33;/h5-15H,4,16-18H2,1-3H3,(H2,26,28,29);1H. The fraction of sp³-hybridized carbons (Fsp3) is 0.280. The number of aryl methyl sites for hydroxylation is 2. The van der Waals surface area contributed by atoms with Crippen molar-refractivity contribution in [2.45, 2.75) is 40.4 Å². The molecule has 0 saturated carbocycles. The van der Waals surface area contributed by atoms with Crippen molar-refractivity contribution in [2.24, 2.45) is 4.99 Å². The van der Waals surface area contributed by atoms with E-state index in [2.05, 4.69) is 57.0 Å². The Bertz CT molecular complexity index is 1200. The van der Waals surface area contributed by atoms with E-state index in [0.29, 0.717) is 13.1 Å². The Morgan fingerprint density at radius 1 is 1.03 bits per heavy atom. The smallest absolute Gasteiger partial charge is 0.191 e. The Morgan fingerprint density at radius 2 is 1.85 bits per heavy atom. The molecule has 0 atom stereocenters. The van der Waals surface area contributed by atoms with Gasteiger partial charge in [0, 0.05) is 37.4 Å². The number of benzene rings is 1. The number of hydrogen-bond acceptors (Lipinski definition) is 4. The van der Waals surface area contributed by atoms with Crippen LogP contribution in [0.2, 0.25) is 0 Å². The van der Waals surface area contributed by atoms with Gasteiger partial charge in [-0.1, -0.05) is 30.3 Å². The minimum Gasteiger partial charge on any atom is -0.357 e. The van der Waals surface area contributed by atoms with Gasteiger partial charge in [-0.15, -0.1) is 24.0 Å². The largest absolute Gasteiger partial charge is 0.357 e. The predicted octanol–water partition coefficient (Wildman–Crippen LogP) is 4.00. The first-order valence-corrected chi connectivity index (χ1v) is 11.2. The van der Waals surface area contributed by atoms with Crippen molar-refractivity contribution in [3.8, 4) is 5.82 Å². The lowest BCUT2D eigenvalue weighted by atomic mass is 10.1. The Balaban J connectivity index is 0.00000324. The maximum absolute atomic E-state index is 4.74. The highest BCUT2D eigenvalue weighted by atomic mass is 127. The highest BCUT2D eigenvalue weighted by Gasteiger charge is 2.07. The van der Waals surface area contributed by atoms with Gasteiger partial charge in [0.25, 0.3) is 0 Å². The molecule has 34 heavy (non-hydrogen) atoms. The van der Waals surface area contributed by atoms with Crippen LogP contribution < -0.4 is 10.6 Å². The van der Waals surface area contributed by atoms with Crippen LogP contribution in [-0.4, -0.2) is 37.0 Å². The van der Waals surface area contributed by atoms with E-state index >= 15 is 0 Å². The van der Waals surface area contributed by atoms with Gasteiger partial charge < -0.3 is 10.6 Å². The number of hydrogen-bond donors (Lipinski definition) is 2. The minimum absolute atomic E-state index is 0. The number of halogens is 1. The van der Waals surface area contributed by atoms with Crippen molar-refractivity contribution in [2.75, 3.05) is 6.54 Å². The molecule has 3 aromatic heterocycles. The van der Waals surface area contributed by atoms with Gasteiger partial charge in [0.15, 0.2) is 11.8 Å². The highest BCUT2D eigenvalue weighted by Crippen LogP contribution is 2.12. The van der Waals surface area contributed by atoms with Gasteiger partial charge in [0.1, 0.15) is 0 Å². The quantitative estimate of drug-likeness (QED) is 0.190. The predicted molar refractivity (Wildman–Crippen MR) is 146 cm³/mol. The third-order valence-electron chi connectivity index (χ3n) is 5.26. The van der Waals surface area contributed by atoms with Crippen molar-refractivity contribution < 1.29 is 0 Å². The molecule has 0 aliphatic heterocycles. The topological polar surface area (TPSA) is 85.0 Å². The fourth-order valence-corrected chi connectivity index (χ4v) is 3.64. The van der Waals surface area contributed by atoms with Crippen LogP contribution in [0.3, 0.4) is 0 Å². The first-order chi connectivity index (χ1) is 16.1. The molecular formula is C25H31IN8. The van der Waals surface area contributed by atoms with Crippen LogP contribution in [0.4, 0.5) is 0 Å². The fourth-order valence-electron chi connectivity index (χ4n) is 3.64. The van der Waals surface area contributed by atoms with E-state index in [1.165, 1.54) is 11.1 Å². The number of nitrogens with zero attached hydrogens (tertiary/aromatic N) is 6. The first kappa shape index (κ1) is 25.4. The highest BCUT2D eigenvalue weighted by molar-refractivity contribution is 14.0. The molecule has 0 spiro atoms. The van der Waals surface area contributed by atoms with Gasteiger partial charge in [-0.3, -0.25) is 4.68 Å². The average molecular weight is 570 g/mol. The number of aromatic nitrogens is 5. The van der Waals surface area contributed by atoms with Crippen molar-refractivity contribution in [3.05, 3.63) is 95.2 Å². The maximum atomic E-state index is 4.74. The van der Waals surface area contributed by atoms with Crippen LogP contribution in [0, 0.1) is 13.8 Å². The Kier molecular flexibility index (Phi) is 9.20. The molecule has 3 heterocycles. The van der Waals surface area contributed by atoms with Crippen LogP contribution in [0.5, 0.6) is 0 Å². The molecule has 0 saturated heterocycles. The molecule has 178 valence electrons. The zero-order valence-corrected chi connectivity index (χ0v) is 22.1. The number of rotatable bonds is 8. The van der Waals surface area contributed by atoms with E-state index in [0.717, 1.165) is 41.8 Å². The molecule has 0 bridgehead atoms. The molecule has 2 N–H and O–H groups in total. The van der Waals surface area contributed by atoms with E-state index in [1.54, 1.807) is 6.20 Å². The van der Waals surface area contributed by atoms with E-state index in [9.17, 15) is 0 Å². The summed E-state index contributed by atoms with van der Waals surface area (Å²) in [5, 5.41) is 15.6. The molecule has 0 aliphatic carbocycles. The summed E-state index contributed by atoms with van der Waals surface area (Å²) < 4.78 is 3.79. The summed E-state index contributed by atoms with van der Waals surface area (Å²) in [5.74, 6) is 1.58. The number of pyridine rings is 1. The number of guanidine groups is 1.